The lowest BCUT2D eigenvalue weighted by molar-refractivity contribution is 0.182. The molecule has 0 saturated heterocycles. The number of thiophene rings is 1. The lowest BCUT2D eigenvalue weighted by Crippen LogP contribution is -2.00. The Morgan fingerprint density at radius 1 is 1.29 bits per heavy atom. The van der Waals surface area contributed by atoms with Gasteiger partial charge in [-0.2, -0.15) is 0 Å². The van der Waals surface area contributed by atoms with Gasteiger partial charge in [-0.1, -0.05) is 45.2 Å². The summed E-state index contributed by atoms with van der Waals surface area (Å²) in [6.07, 6.45) is -0.0747. The molecule has 0 aliphatic heterocycles. The number of aliphatic hydroxyl groups excluding tert-OH is 1. The van der Waals surface area contributed by atoms with Gasteiger partial charge in [0, 0.05) is 26.2 Å². The molecule has 0 bridgehead atoms. The van der Waals surface area contributed by atoms with Gasteiger partial charge in [-0.25, -0.2) is 0 Å². The molecule has 1 N–H and O–H groups in total. The van der Waals surface area contributed by atoms with E-state index in [1.807, 2.05) is 23.6 Å². The van der Waals surface area contributed by atoms with Crippen LogP contribution in [0.4, 0.5) is 0 Å². The van der Waals surface area contributed by atoms with E-state index >= 15 is 0 Å². The van der Waals surface area contributed by atoms with Crippen LogP contribution in [0.15, 0.2) is 34.1 Å². The van der Waals surface area contributed by atoms with E-state index in [0.717, 1.165) is 14.9 Å². The molecule has 1 heterocycles. The molecule has 0 saturated carbocycles. The maximum absolute atomic E-state index is 10.1. The molecule has 0 amide bonds. The molecule has 0 radical (unpaired) electrons. The summed E-state index contributed by atoms with van der Waals surface area (Å²) in [7, 11) is 0. The number of halogens is 3. The van der Waals surface area contributed by atoms with Crippen LogP contribution in [0.5, 0.6) is 0 Å². The van der Waals surface area contributed by atoms with Crippen LogP contribution >= 0.6 is 50.5 Å². The highest BCUT2D eigenvalue weighted by Gasteiger charge is 2.13. The average Bonchev–Trinajstić information content (AvgIpc) is 2.69. The monoisotopic (exact) mass is 350 g/mol. The topological polar surface area (TPSA) is 20.2 Å². The molecule has 1 aromatic heterocycles. The van der Waals surface area contributed by atoms with Gasteiger partial charge in [0.2, 0.25) is 0 Å². The summed E-state index contributed by atoms with van der Waals surface area (Å²) in [5.41, 5.74) is 0.923. The van der Waals surface area contributed by atoms with Crippen LogP contribution in [-0.2, 0) is 6.42 Å². The third kappa shape index (κ3) is 3.46. The number of hydrogen-bond donors (Lipinski definition) is 1. The quantitative estimate of drug-likeness (QED) is 0.816. The smallest absolute Gasteiger partial charge is 0.0923 e. The first-order chi connectivity index (χ1) is 8.06. The molecule has 0 aliphatic rings. The summed E-state index contributed by atoms with van der Waals surface area (Å²) in [6.45, 7) is 0. The average molecular weight is 352 g/mol. The van der Waals surface area contributed by atoms with Crippen LogP contribution in [0.1, 0.15) is 16.5 Å². The molecule has 0 fully saturated rings. The number of benzene rings is 1. The molecular weight excluding hydrogens is 343 g/mol. The molecule has 90 valence electrons. The van der Waals surface area contributed by atoms with Crippen LogP contribution < -0.4 is 0 Å². The van der Waals surface area contributed by atoms with Crippen molar-refractivity contribution in [1.82, 2.24) is 0 Å². The first-order valence-electron chi connectivity index (χ1n) is 4.92. The Morgan fingerprint density at radius 3 is 2.65 bits per heavy atom. The summed E-state index contributed by atoms with van der Waals surface area (Å²) in [5, 5.41) is 13.2. The van der Waals surface area contributed by atoms with Gasteiger partial charge in [0.05, 0.1) is 11.1 Å². The first-order valence-corrected chi connectivity index (χ1v) is 7.35. The van der Waals surface area contributed by atoms with Crippen LogP contribution in [0.3, 0.4) is 0 Å². The van der Waals surface area contributed by atoms with Gasteiger partial charge in [0.1, 0.15) is 0 Å². The number of aliphatic hydroxyl groups is 1. The largest absolute Gasteiger partial charge is 0.387 e. The lowest BCUT2D eigenvalue weighted by atomic mass is 10.1. The van der Waals surface area contributed by atoms with E-state index in [1.165, 1.54) is 11.3 Å². The van der Waals surface area contributed by atoms with Crippen molar-refractivity contribution < 1.29 is 5.11 Å². The molecular formula is C12H9BrCl2OS. The van der Waals surface area contributed by atoms with E-state index in [4.69, 9.17) is 23.2 Å². The second-order valence-corrected chi connectivity index (χ2v) is 6.33. The normalized spacial score (nSPS) is 12.7. The second-order valence-electron chi connectivity index (χ2n) is 3.62. The van der Waals surface area contributed by atoms with Gasteiger partial charge in [-0.05, 0) is 23.8 Å². The van der Waals surface area contributed by atoms with E-state index < -0.39 is 6.10 Å². The van der Waals surface area contributed by atoms with Crippen molar-refractivity contribution in [3.63, 3.8) is 0 Å². The van der Waals surface area contributed by atoms with E-state index in [2.05, 4.69) is 15.9 Å². The van der Waals surface area contributed by atoms with Crippen molar-refractivity contribution in [3.8, 4) is 0 Å². The summed E-state index contributed by atoms with van der Waals surface area (Å²) in [4.78, 5) is 0.856. The Kier molecular flexibility index (Phi) is 4.50. The van der Waals surface area contributed by atoms with E-state index in [1.54, 1.807) is 6.07 Å². The molecule has 1 nitrogen and oxygen atoms in total. The Balaban J connectivity index is 2.15. The maximum Gasteiger partial charge on any atom is 0.0923 e. The second kappa shape index (κ2) is 5.72. The fourth-order valence-corrected chi connectivity index (χ4v) is 3.32. The highest BCUT2D eigenvalue weighted by Crippen LogP contribution is 2.30. The zero-order chi connectivity index (χ0) is 12.4. The molecule has 0 aliphatic carbocycles. The van der Waals surface area contributed by atoms with Crippen molar-refractivity contribution in [2.75, 3.05) is 0 Å². The zero-order valence-corrected chi connectivity index (χ0v) is 12.6. The van der Waals surface area contributed by atoms with Crippen molar-refractivity contribution >= 4 is 50.5 Å². The van der Waals surface area contributed by atoms with Gasteiger partial charge in [0.15, 0.2) is 0 Å². The fourth-order valence-electron chi connectivity index (χ4n) is 1.50. The van der Waals surface area contributed by atoms with E-state index in [-0.39, 0.29) is 0 Å². The summed E-state index contributed by atoms with van der Waals surface area (Å²) >= 11 is 16.7. The van der Waals surface area contributed by atoms with Crippen molar-refractivity contribution in [2.45, 2.75) is 12.5 Å². The fraction of sp³-hybridized carbons (Fsp3) is 0.167. The molecule has 0 spiro atoms. The number of hydrogen-bond acceptors (Lipinski definition) is 2. The van der Waals surface area contributed by atoms with Gasteiger partial charge < -0.3 is 5.11 Å². The summed E-state index contributed by atoms with van der Waals surface area (Å²) < 4.78 is 0.930. The van der Waals surface area contributed by atoms with Crippen molar-refractivity contribution in [3.05, 3.63) is 54.6 Å². The maximum atomic E-state index is 10.1. The molecule has 17 heavy (non-hydrogen) atoms. The van der Waals surface area contributed by atoms with Crippen molar-refractivity contribution in [2.24, 2.45) is 0 Å². The minimum atomic E-state index is -0.564. The van der Waals surface area contributed by atoms with Crippen LogP contribution in [0.25, 0.3) is 0 Å². The van der Waals surface area contributed by atoms with Crippen LogP contribution in [0, 0.1) is 0 Å². The number of rotatable bonds is 3. The summed E-state index contributed by atoms with van der Waals surface area (Å²) in [5.74, 6) is 0. The highest BCUT2D eigenvalue weighted by atomic mass is 79.9. The molecule has 2 aromatic rings. The SMILES string of the molecule is OC(Cc1ccc(Br)cc1Cl)c1cc(Cl)cs1. The third-order valence-corrected chi connectivity index (χ3v) is 4.57. The minimum absolute atomic E-state index is 0.489. The van der Waals surface area contributed by atoms with Crippen LogP contribution in [0.2, 0.25) is 10.0 Å². The zero-order valence-electron chi connectivity index (χ0n) is 8.66. The lowest BCUT2D eigenvalue weighted by Gasteiger charge is -2.10. The van der Waals surface area contributed by atoms with Crippen LogP contribution in [-0.4, -0.2) is 5.11 Å². The van der Waals surface area contributed by atoms with E-state index in [9.17, 15) is 5.11 Å². The minimum Gasteiger partial charge on any atom is -0.387 e. The van der Waals surface area contributed by atoms with Gasteiger partial charge in [-0.3, -0.25) is 0 Å². The molecule has 1 aromatic carbocycles. The molecule has 1 atom stereocenters. The molecule has 5 heteroatoms. The van der Waals surface area contributed by atoms with Gasteiger partial charge in [-0.15, -0.1) is 11.3 Å². The standard InChI is InChI=1S/C12H9BrCl2OS/c13-8-2-1-7(10(15)4-8)3-11(16)12-5-9(14)6-17-12/h1-2,4-6,11,16H,3H2. The van der Waals surface area contributed by atoms with Crippen molar-refractivity contribution in [1.29, 1.82) is 0 Å². The Hall–Kier alpha value is -0.0600. The Morgan fingerprint density at radius 2 is 2.06 bits per heavy atom. The Labute approximate surface area is 122 Å². The van der Waals surface area contributed by atoms with Gasteiger partial charge >= 0.3 is 0 Å². The molecule has 1 unspecified atom stereocenters. The predicted octanol–water partition coefficient (Wildman–Crippen LogP) is 5.09. The van der Waals surface area contributed by atoms with E-state index in [0.29, 0.717) is 16.5 Å². The first kappa shape index (κ1) is 13.4. The molecule has 2 rings (SSSR count). The Bertz CT molecular complexity index is 527. The van der Waals surface area contributed by atoms with Gasteiger partial charge in [0.25, 0.3) is 0 Å². The highest BCUT2D eigenvalue weighted by molar-refractivity contribution is 9.10. The third-order valence-electron chi connectivity index (χ3n) is 2.34. The predicted molar refractivity (Wildman–Crippen MR) is 77.1 cm³/mol. The summed E-state index contributed by atoms with van der Waals surface area (Å²) in [6, 6.07) is 7.43.